The molecule has 0 bridgehead atoms. The number of aryl methyl sites for hydroxylation is 3. The van der Waals surface area contributed by atoms with Crippen LogP contribution in [0.3, 0.4) is 0 Å². The number of aromatic nitrogens is 3. The van der Waals surface area contributed by atoms with Crippen LogP contribution in [0.1, 0.15) is 25.9 Å². The fourth-order valence-corrected chi connectivity index (χ4v) is 4.05. The van der Waals surface area contributed by atoms with Crippen molar-refractivity contribution in [1.29, 1.82) is 0 Å². The maximum atomic E-state index is 12.3. The molecule has 8 heteroatoms. The zero-order valence-corrected chi connectivity index (χ0v) is 13.6. The van der Waals surface area contributed by atoms with E-state index in [1.807, 2.05) is 20.9 Å². The molecule has 3 rings (SSSR count). The predicted molar refractivity (Wildman–Crippen MR) is 85.8 cm³/mol. The van der Waals surface area contributed by atoms with Crippen molar-refractivity contribution in [1.82, 2.24) is 20.1 Å². The van der Waals surface area contributed by atoms with Gasteiger partial charge in [-0.05, 0) is 13.8 Å². The van der Waals surface area contributed by atoms with Gasteiger partial charge in [0.25, 0.3) is 5.91 Å². The summed E-state index contributed by atoms with van der Waals surface area (Å²) in [4.78, 5) is 19.0. The second kappa shape index (κ2) is 5.12. The third-order valence-corrected chi connectivity index (χ3v) is 5.55. The van der Waals surface area contributed by atoms with Crippen LogP contribution in [0.15, 0.2) is 5.51 Å². The number of rotatable bonds is 3. The molecule has 6 nitrogen and oxygen atoms in total. The minimum Gasteiger partial charge on any atom is -0.397 e. The average molecular weight is 321 g/mol. The molecule has 0 saturated heterocycles. The summed E-state index contributed by atoms with van der Waals surface area (Å²) < 4.78 is 1.76. The molecule has 110 valence electrons. The molecule has 0 aliphatic carbocycles. The molecular weight excluding hydrogens is 306 g/mol. The van der Waals surface area contributed by atoms with Gasteiger partial charge in [0, 0.05) is 11.9 Å². The van der Waals surface area contributed by atoms with Crippen LogP contribution in [0.5, 0.6) is 0 Å². The van der Waals surface area contributed by atoms with Gasteiger partial charge in [-0.15, -0.1) is 22.7 Å². The summed E-state index contributed by atoms with van der Waals surface area (Å²) in [7, 11) is 1.85. The first-order chi connectivity index (χ1) is 9.99. The largest absolute Gasteiger partial charge is 0.397 e. The Hall–Kier alpha value is -1.93. The first-order valence-electron chi connectivity index (χ1n) is 6.37. The summed E-state index contributed by atoms with van der Waals surface area (Å²) in [5, 5.41) is 8.10. The van der Waals surface area contributed by atoms with E-state index in [0.29, 0.717) is 17.1 Å². The summed E-state index contributed by atoms with van der Waals surface area (Å²) >= 11 is 2.91. The number of nitrogens with one attached hydrogen (secondary N) is 1. The third kappa shape index (κ3) is 2.30. The zero-order valence-electron chi connectivity index (χ0n) is 11.9. The molecule has 0 aliphatic heterocycles. The monoisotopic (exact) mass is 321 g/mol. The van der Waals surface area contributed by atoms with Crippen molar-refractivity contribution < 1.29 is 4.79 Å². The number of nitrogens with zero attached hydrogens (tertiary/aromatic N) is 3. The van der Waals surface area contributed by atoms with Gasteiger partial charge in [-0.1, -0.05) is 0 Å². The van der Waals surface area contributed by atoms with Crippen LogP contribution in [0.25, 0.3) is 10.2 Å². The van der Waals surface area contributed by atoms with E-state index in [4.69, 9.17) is 5.73 Å². The van der Waals surface area contributed by atoms with Crippen LogP contribution in [0.2, 0.25) is 0 Å². The van der Waals surface area contributed by atoms with Gasteiger partial charge in [0.2, 0.25) is 0 Å². The van der Waals surface area contributed by atoms with Crippen molar-refractivity contribution in [2.24, 2.45) is 7.05 Å². The standard InChI is InChI=1S/C13H15N5OS2/c1-6-8(20-5-16-6)4-15-12(19)11-10(14)9-7(2)17-18(3)13(9)21-11/h5H,4,14H2,1-3H3,(H,15,19). The Balaban J connectivity index is 1.86. The summed E-state index contributed by atoms with van der Waals surface area (Å²) in [6.45, 7) is 4.30. The highest BCUT2D eigenvalue weighted by atomic mass is 32.1. The van der Waals surface area contributed by atoms with Gasteiger partial charge in [0.15, 0.2) is 0 Å². The lowest BCUT2D eigenvalue weighted by atomic mass is 10.2. The fraction of sp³-hybridized carbons (Fsp3) is 0.308. The van der Waals surface area contributed by atoms with Crippen molar-refractivity contribution in [3.05, 3.63) is 26.7 Å². The Labute approximate surface area is 129 Å². The van der Waals surface area contributed by atoms with Crippen molar-refractivity contribution >= 4 is 44.5 Å². The van der Waals surface area contributed by atoms with Crippen molar-refractivity contribution in [2.75, 3.05) is 5.73 Å². The third-order valence-electron chi connectivity index (χ3n) is 3.34. The lowest BCUT2D eigenvalue weighted by Gasteiger charge is -2.03. The number of amides is 1. The maximum Gasteiger partial charge on any atom is 0.263 e. The second-order valence-electron chi connectivity index (χ2n) is 4.78. The molecule has 1 amide bonds. The van der Waals surface area contributed by atoms with Gasteiger partial charge >= 0.3 is 0 Å². The number of nitrogens with two attached hydrogens (primary N) is 1. The normalized spacial score (nSPS) is 11.2. The number of carbonyl (C=O) groups excluding carboxylic acids is 1. The predicted octanol–water partition coefficient (Wildman–Crippen LogP) is 2.22. The molecule has 3 N–H and O–H groups in total. The van der Waals surface area contributed by atoms with Gasteiger partial charge in [0.05, 0.1) is 34.5 Å². The lowest BCUT2D eigenvalue weighted by Crippen LogP contribution is -2.22. The van der Waals surface area contributed by atoms with E-state index < -0.39 is 0 Å². The summed E-state index contributed by atoms with van der Waals surface area (Å²) in [6, 6.07) is 0. The number of nitrogen functional groups attached to an aromatic ring is 1. The Morgan fingerprint density at radius 1 is 1.43 bits per heavy atom. The lowest BCUT2D eigenvalue weighted by molar-refractivity contribution is 0.0956. The molecular formula is C13H15N5OS2. The topological polar surface area (TPSA) is 85.8 Å². The van der Waals surface area contributed by atoms with Crippen LogP contribution < -0.4 is 11.1 Å². The number of thiazole rings is 1. The molecule has 0 aromatic carbocycles. The molecule has 0 radical (unpaired) electrons. The SMILES string of the molecule is Cc1ncsc1CNC(=O)c1sc2c(c(C)nn2C)c1N. The molecule has 0 atom stereocenters. The highest BCUT2D eigenvalue weighted by molar-refractivity contribution is 7.21. The van der Waals surface area contributed by atoms with Crippen molar-refractivity contribution in [3.63, 3.8) is 0 Å². The summed E-state index contributed by atoms with van der Waals surface area (Å²) in [5.74, 6) is -0.152. The van der Waals surface area contributed by atoms with Gasteiger partial charge in [0.1, 0.15) is 9.71 Å². The van der Waals surface area contributed by atoms with E-state index >= 15 is 0 Å². The molecule has 0 saturated carbocycles. The van der Waals surface area contributed by atoms with Gasteiger partial charge in [-0.2, -0.15) is 5.10 Å². The molecule has 0 unspecified atom stereocenters. The van der Waals surface area contributed by atoms with E-state index in [1.165, 1.54) is 22.7 Å². The van der Waals surface area contributed by atoms with E-state index in [0.717, 1.165) is 26.5 Å². The van der Waals surface area contributed by atoms with E-state index in [2.05, 4.69) is 15.4 Å². The fourth-order valence-electron chi connectivity index (χ4n) is 2.23. The molecule has 3 heterocycles. The first kappa shape index (κ1) is 14.0. The number of thiophene rings is 1. The molecule has 0 aliphatic rings. The van der Waals surface area contributed by atoms with Crippen LogP contribution >= 0.6 is 22.7 Å². The van der Waals surface area contributed by atoms with E-state index in [1.54, 1.807) is 10.2 Å². The minimum absolute atomic E-state index is 0.152. The van der Waals surface area contributed by atoms with Gasteiger partial charge in [-0.3, -0.25) is 9.48 Å². The smallest absolute Gasteiger partial charge is 0.263 e. The number of anilines is 1. The minimum atomic E-state index is -0.152. The number of hydrogen-bond acceptors (Lipinski definition) is 6. The Bertz CT molecular complexity index is 829. The molecule has 0 fully saturated rings. The van der Waals surface area contributed by atoms with Crippen LogP contribution in [-0.2, 0) is 13.6 Å². The Kier molecular flexibility index (Phi) is 3.42. The van der Waals surface area contributed by atoms with E-state index in [-0.39, 0.29) is 5.91 Å². The van der Waals surface area contributed by atoms with Gasteiger partial charge < -0.3 is 11.1 Å². The number of carbonyl (C=O) groups is 1. The quantitative estimate of drug-likeness (QED) is 0.774. The maximum absolute atomic E-state index is 12.3. The average Bonchev–Trinajstić information content (AvgIpc) is 3.06. The van der Waals surface area contributed by atoms with Crippen molar-refractivity contribution in [3.8, 4) is 0 Å². The zero-order chi connectivity index (χ0) is 15.1. The molecule has 21 heavy (non-hydrogen) atoms. The summed E-state index contributed by atoms with van der Waals surface area (Å²) in [6.07, 6.45) is 0. The Morgan fingerprint density at radius 3 is 2.81 bits per heavy atom. The van der Waals surface area contributed by atoms with Crippen LogP contribution in [0, 0.1) is 13.8 Å². The van der Waals surface area contributed by atoms with Gasteiger partial charge in [-0.25, -0.2) is 4.98 Å². The number of fused-ring (bicyclic) bond motifs is 1. The van der Waals surface area contributed by atoms with Crippen molar-refractivity contribution in [2.45, 2.75) is 20.4 Å². The van der Waals surface area contributed by atoms with Crippen LogP contribution in [-0.4, -0.2) is 20.7 Å². The molecule has 3 aromatic rings. The second-order valence-corrected chi connectivity index (χ2v) is 6.72. The Morgan fingerprint density at radius 2 is 2.19 bits per heavy atom. The first-order valence-corrected chi connectivity index (χ1v) is 8.07. The summed E-state index contributed by atoms with van der Waals surface area (Å²) in [5.41, 5.74) is 10.2. The molecule has 3 aromatic heterocycles. The van der Waals surface area contributed by atoms with E-state index in [9.17, 15) is 4.79 Å². The molecule has 0 spiro atoms. The highest BCUT2D eigenvalue weighted by Crippen LogP contribution is 2.35. The highest BCUT2D eigenvalue weighted by Gasteiger charge is 2.20. The van der Waals surface area contributed by atoms with Crippen LogP contribution in [0.4, 0.5) is 5.69 Å². The number of hydrogen-bond donors (Lipinski definition) is 2.